The Labute approximate surface area is 167 Å². The van der Waals surface area contributed by atoms with E-state index >= 15 is 0 Å². The first kappa shape index (κ1) is 18.7. The Bertz CT molecular complexity index is 904. The van der Waals surface area contributed by atoms with E-state index in [1.807, 2.05) is 48.5 Å². The molecule has 0 radical (unpaired) electrons. The molecule has 2 aromatic carbocycles. The van der Waals surface area contributed by atoms with Crippen molar-refractivity contribution in [1.29, 1.82) is 0 Å². The lowest BCUT2D eigenvalue weighted by molar-refractivity contribution is -0.190. The summed E-state index contributed by atoms with van der Waals surface area (Å²) in [5.74, 6) is 0.342. The van der Waals surface area contributed by atoms with Crippen molar-refractivity contribution in [2.45, 2.75) is 18.4 Å². The molecule has 0 saturated carbocycles. The third-order valence-electron chi connectivity index (χ3n) is 4.47. The molecule has 146 valence electrons. The van der Waals surface area contributed by atoms with Crippen LogP contribution in [0.5, 0.6) is 11.5 Å². The third kappa shape index (κ3) is 3.96. The van der Waals surface area contributed by atoms with Gasteiger partial charge in [-0.25, -0.2) is 9.67 Å². The van der Waals surface area contributed by atoms with Crippen LogP contribution in [0, 0.1) is 0 Å². The number of hydrogen-bond acceptors (Lipinski definition) is 6. The van der Waals surface area contributed by atoms with Crippen LogP contribution in [-0.4, -0.2) is 41.2 Å². The van der Waals surface area contributed by atoms with Crippen molar-refractivity contribution in [2.24, 2.45) is 0 Å². The molecule has 0 spiro atoms. The molecule has 1 fully saturated rings. The highest BCUT2D eigenvalue weighted by Gasteiger charge is 2.44. The maximum Gasteiger partial charge on any atom is 0.215 e. The third-order valence-corrected chi connectivity index (χ3v) is 4.73. The van der Waals surface area contributed by atoms with Gasteiger partial charge in [0.05, 0.1) is 13.7 Å². The SMILES string of the molecule is COc1ccccc1OCC1COC(Cn2cncn2)(c2ccc(Cl)cc2)O1. The van der Waals surface area contributed by atoms with Gasteiger partial charge in [0.25, 0.3) is 0 Å². The summed E-state index contributed by atoms with van der Waals surface area (Å²) in [6.07, 6.45) is 2.85. The van der Waals surface area contributed by atoms with E-state index in [0.29, 0.717) is 36.3 Å². The minimum absolute atomic E-state index is 0.260. The normalized spacial score (nSPS) is 21.6. The number of nitrogens with zero attached hydrogens (tertiary/aromatic N) is 3. The zero-order valence-electron chi connectivity index (χ0n) is 15.3. The van der Waals surface area contributed by atoms with Gasteiger partial charge in [0, 0.05) is 10.6 Å². The molecule has 2 atom stereocenters. The fourth-order valence-electron chi connectivity index (χ4n) is 3.12. The molecule has 0 amide bonds. The van der Waals surface area contributed by atoms with Crippen molar-refractivity contribution in [3.8, 4) is 11.5 Å². The lowest BCUT2D eigenvalue weighted by Crippen LogP contribution is -2.34. The van der Waals surface area contributed by atoms with Crippen LogP contribution in [0.3, 0.4) is 0 Å². The van der Waals surface area contributed by atoms with Gasteiger partial charge in [-0.1, -0.05) is 35.9 Å². The van der Waals surface area contributed by atoms with Crippen LogP contribution in [0.15, 0.2) is 61.2 Å². The first-order valence-electron chi connectivity index (χ1n) is 8.84. The second kappa shape index (κ2) is 8.18. The lowest BCUT2D eigenvalue weighted by atomic mass is 10.1. The molecule has 7 nitrogen and oxygen atoms in total. The molecule has 2 unspecified atom stereocenters. The number of aromatic nitrogens is 3. The highest BCUT2D eigenvalue weighted by molar-refractivity contribution is 6.30. The van der Waals surface area contributed by atoms with Crippen molar-refractivity contribution >= 4 is 11.6 Å². The summed E-state index contributed by atoms with van der Waals surface area (Å²) in [5, 5.41) is 4.83. The minimum Gasteiger partial charge on any atom is -0.493 e. The van der Waals surface area contributed by atoms with Gasteiger partial charge in [-0.05, 0) is 24.3 Å². The Morgan fingerprint density at radius 1 is 1.18 bits per heavy atom. The smallest absolute Gasteiger partial charge is 0.215 e. The van der Waals surface area contributed by atoms with Gasteiger partial charge in [-0.15, -0.1) is 0 Å². The summed E-state index contributed by atoms with van der Waals surface area (Å²) in [7, 11) is 1.61. The zero-order valence-corrected chi connectivity index (χ0v) is 16.1. The van der Waals surface area contributed by atoms with E-state index < -0.39 is 5.79 Å². The Kier molecular flexibility index (Phi) is 5.47. The topological polar surface area (TPSA) is 67.6 Å². The minimum atomic E-state index is -0.993. The Morgan fingerprint density at radius 2 is 1.96 bits per heavy atom. The average Bonchev–Trinajstić information content (AvgIpc) is 3.38. The standard InChI is InChI=1S/C20H20ClN3O4/c1-25-18-4-2-3-5-19(18)26-10-17-11-27-20(28-17,12-24-14-22-13-23-24)15-6-8-16(21)9-7-15/h2-9,13-14,17H,10-12H2,1H3. The molecule has 0 aliphatic carbocycles. The molecule has 0 N–H and O–H groups in total. The Hall–Kier alpha value is -2.61. The van der Waals surface area contributed by atoms with E-state index in [0.717, 1.165) is 5.56 Å². The first-order chi connectivity index (χ1) is 13.7. The molecule has 2 heterocycles. The fraction of sp³-hybridized carbons (Fsp3) is 0.300. The highest BCUT2D eigenvalue weighted by atomic mass is 35.5. The van der Waals surface area contributed by atoms with Crippen LogP contribution < -0.4 is 9.47 Å². The summed E-state index contributed by atoms with van der Waals surface area (Å²) < 4.78 is 25.4. The second-order valence-electron chi connectivity index (χ2n) is 6.37. The molecule has 28 heavy (non-hydrogen) atoms. The summed E-state index contributed by atoms with van der Waals surface area (Å²) in [5.41, 5.74) is 0.854. The van der Waals surface area contributed by atoms with Gasteiger partial charge in [0.1, 0.15) is 31.9 Å². The van der Waals surface area contributed by atoms with E-state index in [1.165, 1.54) is 6.33 Å². The molecular weight excluding hydrogens is 382 g/mol. The quantitative estimate of drug-likeness (QED) is 0.605. The van der Waals surface area contributed by atoms with Crippen molar-refractivity contribution in [1.82, 2.24) is 14.8 Å². The van der Waals surface area contributed by atoms with Crippen LogP contribution in [0.1, 0.15) is 5.56 Å². The van der Waals surface area contributed by atoms with Crippen molar-refractivity contribution in [3.63, 3.8) is 0 Å². The molecule has 1 aliphatic heterocycles. The van der Waals surface area contributed by atoms with Crippen LogP contribution in [0.25, 0.3) is 0 Å². The Morgan fingerprint density at radius 3 is 2.68 bits per heavy atom. The molecule has 3 aromatic rings. The number of methoxy groups -OCH3 is 1. The molecule has 0 bridgehead atoms. The molecule has 1 saturated heterocycles. The lowest BCUT2D eigenvalue weighted by Gasteiger charge is -2.28. The Balaban J connectivity index is 1.51. The highest BCUT2D eigenvalue weighted by Crippen LogP contribution is 2.37. The molecule has 4 rings (SSSR count). The molecule has 8 heteroatoms. The maximum absolute atomic E-state index is 6.32. The molecule has 1 aromatic heterocycles. The average molecular weight is 402 g/mol. The van der Waals surface area contributed by atoms with Crippen molar-refractivity contribution < 1.29 is 18.9 Å². The first-order valence-corrected chi connectivity index (χ1v) is 9.22. The van der Waals surface area contributed by atoms with E-state index in [9.17, 15) is 0 Å². The van der Waals surface area contributed by atoms with E-state index in [1.54, 1.807) is 18.1 Å². The van der Waals surface area contributed by atoms with Crippen LogP contribution in [0.4, 0.5) is 0 Å². The number of para-hydroxylation sites is 2. The number of halogens is 1. The van der Waals surface area contributed by atoms with Gasteiger partial charge in [0.15, 0.2) is 11.5 Å². The zero-order chi connectivity index (χ0) is 19.4. The molecule has 1 aliphatic rings. The summed E-state index contributed by atoms with van der Waals surface area (Å²) in [6.45, 7) is 1.07. The number of benzene rings is 2. The van der Waals surface area contributed by atoms with E-state index in [-0.39, 0.29) is 6.10 Å². The van der Waals surface area contributed by atoms with Crippen molar-refractivity contribution in [3.05, 3.63) is 71.8 Å². The number of ether oxygens (including phenoxy) is 4. The van der Waals surface area contributed by atoms with Gasteiger partial charge < -0.3 is 18.9 Å². The van der Waals surface area contributed by atoms with Gasteiger partial charge in [-0.2, -0.15) is 5.10 Å². The predicted molar refractivity (Wildman–Crippen MR) is 102 cm³/mol. The van der Waals surface area contributed by atoms with E-state index in [2.05, 4.69) is 10.1 Å². The summed E-state index contributed by atoms with van der Waals surface area (Å²) >= 11 is 6.04. The largest absolute Gasteiger partial charge is 0.493 e. The second-order valence-corrected chi connectivity index (χ2v) is 6.80. The molecular formula is C20H20ClN3O4. The van der Waals surface area contributed by atoms with Crippen molar-refractivity contribution in [2.75, 3.05) is 20.3 Å². The number of rotatable bonds is 7. The summed E-state index contributed by atoms with van der Waals surface area (Å²) in [4.78, 5) is 4.00. The van der Waals surface area contributed by atoms with Crippen LogP contribution in [-0.2, 0) is 21.8 Å². The van der Waals surface area contributed by atoms with Gasteiger partial charge in [-0.3, -0.25) is 0 Å². The maximum atomic E-state index is 6.32. The van der Waals surface area contributed by atoms with Crippen LogP contribution in [0.2, 0.25) is 5.02 Å². The number of hydrogen-bond donors (Lipinski definition) is 0. The van der Waals surface area contributed by atoms with E-state index in [4.69, 9.17) is 30.5 Å². The fourth-order valence-corrected chi connectivity index (χ4v) is 3.25. The van der Waals surface area contributed by atoms with Crippen LogP contribution >= 0.6 is 11.6 Å². The monoisotopic (exact) mass is 401 g/mol. The predicted octanol–water partition coefficient (Wildman–Crippen LogP) is 3.29. The summed E-state index contributed by atoms with van der Waals surface area (Å²) in [6, 6.07) is 14.9. The van der Waals surface area contributed by atoms with Gasteiger partial charge >= 0.3 is 0 Å². The van der Waals surface area contributed by atoms with Gasteiger partial charge in [0.2, 0.25) is 5.79 Å².